The Bertz CT molecular complexity index is 1190. The molecule has 10 heteroatoms. The van der Waals surface area contributed by atoms with Crippen molar-refractivity contribution in [3.8, 4) is 28.4 Å². The van der Waals surface area contributed by atoms with Crippen molar-refractivity contribution >= 4 is 29.7 Å². The quantitative estimate of drug-likeness (QED) is 0.0774. The number of nitro groups is 1. The molecule has 0 saturated heterocycles. The molecule has 0 aromatic heterocycles. The zero-order valence-electron chi connectivity index (χ0n) is 22.9. The van der Waals surface area contributed by atoms with Crippen LogP contribution in [0.1, 0.15) is 46.0 Å². The maximum atomic E-state index is 12.3. The van der Waals surface area contributed by atoms with Gasteiger partial charge in [0.05, 0.1) is 23.2 Å². The molecule has 0 amide bonds. The van der Waals surface area contributed by atoms with Gasteiger partial charge in [0, 0.05) is 6.07 Å². The lowest BCUT2D eigenvalue weighted by Gasteiger charge is -2.14. The molecule has 0 saturated carbocycles. The number of rotatable bonds is 10. The first kappa shape index (κ1) is 36.5. The van der Waals surface area contributed by atoms with E-state index in [1.165, 1.54) is 6.07 Å². The zero-order valence-corrected chi connectivity index (χ0v) is 24.9. The molecule has 0 fully saturated rings. The maximum Gasteiger partial charge on any atom is 0.343 e. The highest BCUT2D eigenvalue weighted by atomic mass is 28.4. The first-order valence-corrected chi connectivity index (χ1v) is 17.1. The number of hydrogen-bond acceptors (Lipinski definition) is 7. The fraction of sp³-hybridized carbons (Fsp3) is 0.367. The normalized spacial score (nSPS) is 10.3. The minimum atomic E-state index is -1.14. The Morgan fingerprint density at radius 1 is 0.925 bits per heavy atom. The summed E-state index contributed by atoms with van der Waals surface area (Å²) < 4.78 is 21.7. The number of benzene rings is 3. The van der Waals surface area contributed by atoms with Crippen LogP contribution in [0.5, 0.6) is 17.2 Å². The van der Waals surface area contributed by atoms with Crippen LogP contribution in [0, 0.1) is 10.1 Å². The fourth-order valence-corrected chi connectivity index (χ4v) is 5.68. The second kappa shape index (κ2) is 17.3. The highest BCUT2D eigenvalue weighted by Crippen LogP contribution is 2.33. The predicted octanol–water partition coefficient (Wildman–Crippen LogP) is 8.44. The van der Waals surface area contributed by atoms with Gasteiger partial charge < -0.3 is 18.3 Å². The molecule has 2 radical (unpaired) electrons. The summed E-state index contributed by atoms with van der Waals surface area (Å²) >= 11 is 0. The van der Waals surface area contributed by atoms with Gasteiger partial charge in [-0.1, -0.05) is 33.1 Å². The van der Waals surface area contributed by atoms with Crippen LogP contribution in [-0.4, -0.2) is 41.7 Å². The summed E-state index contributed by atoms with van der Waals surface area (Å²) in [7, 11) is -0.474. The lowest BCUT2D eigenvalue weighted by atomic mass is 10.0. The number of carbonyl (C=O) groups is 1. The molecule has 0 atom stereocenters. The maximum absolute atomic E-state index is 12.3. The molecular formula is C30H43NO7Si2. The first-order chi connectivity index (χ1) is 17.9. The second-order valence-corrected chi connectivity index (χ2v) is 14.8. The van der Waals surface area contributed by atoms with Gasteiger partial charge in [0.1, 0.15) is 11.5 Å². The highest BCUT2D eigenvalue weighted by molar-refractivity contribution is 6.73. The molecule has 0 spiro atoms. The summed E-state index contributed by atoms with van der Waals surface area (Å²) in [5.41, 5.74) is 1.72. The molecule has 0 aliphatic carbocycles. The minimum absolute atomic E-state index is 0. The fourth-order valence-electron chi connectivity index (χ4n) is 3.23. The number of ether oxygens (including phenoxy) is 3. The molecule has 0 heterocycles. The molecule has 0 aliphatic heterocycles. The standard InChI is InChI=1S/C24H23NO6.C4H12OSi2.2CH4/c1-4-29-20-10-7-18(8-11-20)24(26)31-21-12-5-17(6-13-21)19-9-14-23(30-16(2)3)22(15-19)25(27)28;1-6-5-7(2,3)4;;/h5-16H,4H2,1-3H3;1-4H3;2*1H4. The topological polar surface area (TPSA) is 97.1 Å². The Morgan fingerprint density at radius 3 is 1.93 bits per heavy atom. The second-order valence-electron chi connectivity index (χ2n) is 9.40. The van der Waals surface area contributed by atoms with Gasteiger partial charge in [-0.15, -0.1) is 0 Å². The van der Waals surface area contributed by atoms with E-state index >= 15 is 0 Å². The van der Waals surface area contributed by atoms with Gasteiger partial charge >= 0.3 is 11.7 Å². The third kappa shape index (κ3) is 12.1. The largest absolute Gasteiger partial charge is 0.494 e. The third-order valence-corrected chi connectivity index (χ3v) is 7.99. The van der Waals surface area contributed by atoms with Gasteiger partial charge in [-0.05, 0) is 101 Å². The monoisotopic (exact) mass is 585 g/mol. The number of nitrogens with zero attached hydrogens (tertiary/aromatic N) is 1. The number of esters is 1. The van der Waals surface area contributed by atoms with Gasteiger partial charge in [-0.3, -0.25) is 10.1 Å². The van der Waals surface area contributed by atoms with Gasteiger partial charge in [-0.2, -0.15) is 0 Å². The molecule has 0 N–H and O–H groups in total. The molecule has 3 aromatic rings. The molecule has 3 rings (SSSR count). The number of carbonyl (C=O) groups excluding carboxylic acids is 1. The van der Waals surface area contributed by atoms with Crippen LogP contribution >= 0.6 is 0 Å². The van der Waals surface area contributed by atoms with Crippen molar-refractivity contribution in [2.45, 2.75) is 67.9 Å². The van der Waals surface area contributed by atoms with Crippen molar-refractivity contribution in [2.24, 2.45) is 0 Å². The van der Waals surface area contributed by atoms with Crippen molar-refractivity contribution < 1.29 is 28.0 Å². The highest BCUT2D eigenvalue weighted by Gasteiger charge is 2.18. The molecule has 0 unspecified atom stereocenters. The van der Waals surface area contributed by atoms with Crippen LogP contribution in [0.15, 0.2) is 66.7 Å². The van der Waals surface area contributed by atoms with E-state index in [0.717, 1.165) is 5.56 Å². The summed E-state index contributed by atoms with van der Waals surface area (Å²) in [6.07, 6.45) is -0.172. The Hall–Kier alpha value is -3.48. The first-order valence-electron chi connectivity index (χ1n) is 12.3. The summed E-state index contributed by atoms with van der Waals surface area (Å²) in [6.45, 7) is 14.7. The number of hydrogen-bond donors (Lipinski definition) is 0. The molecule has 8 nitrogen and oxygen atoms in total. The van der Waals surface area contributed by atoms with E-state index in [1.807, 2.05) is 20.8 Å². The van der Waals surface area contributed by atoms with E-state index in [0.29, 0.717) is 39.0 Å². The smallest absolute Gasteiger partial charge is 0.343 e. The molecule has 0 bridgehead atoms. The lowest BCUT2D eigenvalue weighted by molar-refractivity contribution is -0.386. The predicted molar refractivity (Wildman–Crippen MR) is 166 cm³/mol. The van der Waals surface area contributed by atoms with Crippen LogP contribution in [0.25, 0.3) is 11.1 Å². The minimum Gasteiger partial charge on any atom is -0.494 e. The number of nitro benzene ring substituents is 1. The van der Waals surface area contributed by atoms with Crippen LogP contribution in [0.4, 0.5) is 5.69 Å². The molecule has 218 valence electrons. The third-order valence-electron chi connectivity index (χ3n) is 4.73. The average Bonchev–Trinajstić information content (AvgIpc) is 2.84. The Morgan fingerprint density at radius 2 is 1.48 bits per heavy atom. The van der Waals surface area contributed by atoms with Crippen LogP contribution < -0.4 is 14.2 Å². The van der Waals surface area contributed by atoms with Gasteiger partial charge in [0.2, 0.25) is 9.76 Å². The van der Waals surface area contributed by atoms with E-state index < -0.39 is 19.2 Å². The summed E-state index contributed by atoms with van der Waals surface area (Å²) in [5, 5.41) is 11.4. The van der Waals surface area contributed by atoms with E-state index in [2.05, 4.69) is 26.2 Å². The van der Waals surface area contributed by atoms with Crippen molar-refractivity contribution in [1.82, 2.24) is 0 Å². The van der Waals surface area contributed by atoms with Crippen molar-refractivity contribution in [2.75, 3.05) is 6.61 Å². The van der Waals surface area contributed by atoms with E-state index in [9.17, 15) is 14.9 Å². The van der Waals surface area contributed by atoms with Crippen molar-refractivity contribution in [1.29, 1.82) is 0 Å². The Balaban J connectivity index is 0.00000150. The SMILES string of the molecule is C.C.CCOc1ccc(C(=O)Oc2ccc(-c3ccc(OC(C)C)c([N+](=O)[O-])c3)cc2)cc1.C[Si]O[Si](C)(C)C. The molecular weight excluding hydrogens is 543 g/mol. The molecule has 40 heavy (non-hydrogen) atoms. The summed E-state index contributed by atoms with van der Waals surface area (Å²) in [5.74, 6) is 0.797. The van der Waals surface area contributed by atoms with Crippen molar-refractivity contribution in [3.63, 3.8) is 0 Å². The Labute approximate surface area is 242 Å². The van der Waals surface area contributed by atoms with Crippen LogP contribution in [0.3, 0.4) is 0 Å². The van der Waals surface area contributed by atoms with Gasteiger partial charge in [0.15, 0.2) is 14.1 Å². The molecule has 0 aliphatic rings. The van der Waals surface area contributed by atoms with Gasteiger partial charge in [0.25, 0.3) is 0 Å². The lowest BCUT2D eigenvalue weighted by Crippen LogP contribution is -2.26. The van der Waals surface area contributed by atoms with Crippen LogP contribution in [0.2, 0.25) is 26.2 Å². The summed E-state index contributed by atoms with van der Waals surface area (Å²) in [6, 6.07) is 18.3. The Kier molecular flexibility index (Phi) is 15.8. The van der Waals surface area contributed by atoms with Gasteiger partial charge in [-0.25, -0.2) is 4.79 Å². The zero-order chi connectivity index (χ0) is 28.3. The van der Waals surface area contributed by atoms with E-state index in [4.69, 9.17) is 18.3 Å². The van der Waals surface area contributed by atoms with Crippen molar-refractivity contribution in [3.05, 3.63) is 82.4 Å². The molecule has 3 aromatic carbocycles. The average molecular weight is 586 g/mol. The van der Waals surface area contributed by atoms with E-state index in [-0.39, 0.29) is 32.4 Å². The van der Waals surface area contributed by atoms with Crippen LogP contribution in [-0.2, 0) is 4.12 Å². The van der Waals surface area contributed by atoms with E-state index in [1.54, 1.807) is 60.7 Å². The summed E-state index contributed by atoms with van der Waals surface area (Å²) in [4.78, 5) is 23.3.